The Labute approximate surface area is 211 Å². The third-order valence-electron chi connectivity index (χ3n) is 4.30. The first-order valence-corrected chi connectivity index (χ1v) is 12.6. The highest BCUT2D eigenvalue weighted by Gasteiger charge is 2.09. The van der Waals surface area contributed by atoms with Crippen molar-refractivity contribution in [2.24, 2.45) is 0 Å². The lowest BCUT2D eigenvalue weighted by atomic mass is 10.1. The molecule has 7 heteroatoms. The summed E-state index contributed by atoms with van der Waals surface area (Å²) in [7, 11) is 0. The monoisotopic (exact) mass is 493 g/mol. The van der Waals surface area contributed by atoms with Gasteiger partial charge in [0.1, 0.15) is 11.5 Å². The molecule has 0 atom stereocenters. The predicted octanol–water partition coefficient (Wildman–Crippen LogP) is 7.51. The number of aromatic nitrogens is 1. The number of thiocarbonyl (C=S) groups is 1. The molecule has 0 radical (unpaired) electrons. The lowest BCUT2D eigenvalue weighted by Crippen LogP contribution is -2.35. The minimum absolute atomic E-state index is 0.161. The number of pyridine rings is 1. The van der Waals surface area contributed by atoms with Crippen LogP contribution in [0.3, 0.4) is 0 Å². The van der Waals surface area contributed by atoms with Gasteiger partial charge in [-0.1, -0.05) is 58.0 Å². The molecule has 0 saturated heterocycles. The number of nitrogens with one attached hydrogen (secondary N) is 2. The smallest absolute Gasteiger partial charge is 0.230 e. The number of thiophene rings is 1. The van der Waals surface area contributed by atoms with Gasteiger partial charge in [0.15, 0.2) is 5.11 Å². The fourth-order valence-electron chi connectivity index (χ4n) is 2.96. The maximum absolute atomic E-state index is 12.1. The van der Waals surface area contributed by atoms with Gasteiger partial charge in [-0.05, 0) is 55.0 Å². The van der Waals surface area contributed by atoms with E-state index in [9.17, 15) is 4.79 Å². The van der Waals surface area contributed by atoms with E-state index >= 15 is 0 Å². The van der Waals surface area contributed by atoms with Crippen LogP contribution in [0.25, 0.3) is 10.2 Å². The summed E-state index contributed by atoms with van der Waals surface area (Å²) < 4.78 is 7.06. The second-order valence-corrected chi connectivity index (χ2v) is 8.34. The molecule has 0 unspecified atom stereocenters. The molecule has 1 amide bonds. The van der Waals surface area contributed by atoms with Crippen LogP contribution in [0.4, 0.5) is 5.69 Å². The van der Waals surface area contributed by atoms with Gasteiger partial charge in [-0.2, -0.15) is 0 Å². The van der Waals surface area contributed by atoms with Crippen LogP contribution in [0.2, 0.25) is 0 Å². The maximum atomic E-state index is 12.1. The summed E-state index contributed by atoms with van der Waals surface area (Å²) in [5.74, 6) is 1.33. The van der Waals surface area contributed by atoms with Crippen molar-refractivity contribution in [3.05, 3.63) is 83.4 Å². The molecule has 0 aliphatic carbocycles. The number of nitrogens with zero attached hydrogens (tertiary/aromatic N) is 1. The molecular formula is C27H31N3O2S2. The molecule has 0 bridgehead atoms. The van der Waals surface area contributed by atoms with Crippen molar-refractivity contribution in [1.82, 2.24) is 10.3 Å². The van der Waals surface area contributed by atoms with Crippen LogP contribution in [0.1, 0.15) is 38.1 Å². The van der Waals surface area contributed by atoms with Gasteiger partial charge in [0.2, 0.25) is 5.91 Å². The Balaban J connectivity index is 0.000000970. The fourth-order valence-corrected chi connectivity index (χ4v) is 4.11. The molecule has 4 rings (SSSR count). The van der Waals surface area contributed by atoms with Gasteiger partial charge in [-0.25, -0.2) is 0 Å². The van der Waals surface area contributed by atoms with E-state index in [0.29, 0.717) is 5.75 Å². The molecule has 178 valence electrons. The fraction of sp³-hybridized carbons (Fsp3) is 0.222. The number of fused-ring (bicyclic) bond motifs is 1. The van der Waals surface area contributed by atoms with E-state index in [4.69, 9.17) is 17.0 Å². The number of amides is 1. The Morgan fingerprint density at radius 3 is 2.35 bits per heavy atom. The zero-order valence-electron chi connectivity index (χ0n) is 20.2. The Hall–Kier alpha value is -3.29. The SMILES string of the molecule is CC.CC.Cc1cc2nccc(Oc3ccc(NC(=S)NC(=O)Cc4ccccc4)cc3)c2s1. The molecule has 5 nitrogen and oxygen atoms in total. The van der Waals surface area contributed by atoms with Crippen LogP contribution in [0.5, 0.6) is 11.5 Å². The number of hydrogen-bond donors (Lipinski definition) is 2. The molecular weight excluding hydrogens is 462 g/mol. The first-order valence-electron chi connectivity index (χ1n) is 11.3. The van der Waals surface area contributed by atoms with Crippen LogP contribution in [-0.2, 0) is 11.2 Å². The zero-order chi connectivity index (χ0) is 24.9. The lowest BCUT2D eigenvalue weighted by Gasteiger charge is -2.11. The summed E-state index contributed by atoms with van der Waals surface area (Å²) in [5, 5.41) is 5.98. The van der Waals surface area contributed by atoms with Crippen molar-refractivity contribution in [3.8, 4) is 11.5 Å². The highest BCUT2D eigenvalue weighted by Crippen LogP contribution is 2.34. The number of carbonyl (C=O) groups excluding carboxylic acids is 1. The van der Waals surface area contributed by atoms with E-state index < -0.39 is 0 Å². The number of ether oxygens (including phenoxy) is 1. The van der Waals surface area contributed by atoms with E-state index in [1.165, 1.54) is 4.88 Å². The number of carbonyl (C=O) groups is 1. The van der Waals surface area contributed by atoms with E-state index in [0.717, 1.165) is 27.2 Å². The van der Waals surface area contributed by atoms with Crippen molar-refractivity contribution in [3.63, 3.8) is 0 Å². The van der Waals surface area contributed by atoms with Crippen LogP contribution in [0, 0.1) is 6.92 Å². The molecule has 4 aromatic rings. The number of aryl methyl sites for hydroxylation is 1. The minimum atomic E-state index is -0.161. The second-order valence-electron chi connectivity index (χ2n) is 6.67. The van der Waals surface area contributed by atoms with Crippen molar-refractivity contribution >= 4 is 50.5 Å². The van der Waals surface area contributed by atoms with E-state index in [1.807, 2.05) is 94.4 Å². The van der Waals surface area contributed by atoms with Gasteiger partial charge >= 0.3 is 0 Å². The molecule has 2 heterocycles. The number of rotatable bonds is 5. The van der Waals surface area contributed by atoms with Gasteiger partial charge in [-0.3, -0.25) is 9.78 Å². The van der Waals surface area contributed by atoms with Crippen molar-refractivity contribution in [2.75, 3.05) is 5.32 Å². The molecule has 0 saturated carbocycles. The first-order chi connectivity index (χ1) is 16.6. The average molecular weight is 494 g/mol. The van der Waals surface area contributed by atoms with E-state index in [-0.39, 0.29) is 17.4 Å². The highest BCUT2D eigenvalue weighted by molar-refractivity contribution is 7.80. The Bertz CT molecular complexity index is 1190. The summed E-state index contributed by atoms with van der Waals surface area (Å²) in [6, 6.07) is 20.8. The zero-order valence-corrected chi connectivity index (χ0v) is 21.8. The van der Waals surface area contributed by atoms with Gasteiger partial charge < -0.3 is 15.4 Å². The first kappa shape index (κ1) is 27.0. The molecule has 2 N–H and O–H groups in total. The van der Waals surface area contributed by atoms with Gasteiger partial charge in [0.05, 0.1) is 16.6 Å². The van der Waals surface area contributed by atoms with Crippen molar-refractivity contribution in [1.29, 1.82) is 0 Å². The van der Waals surface area contributed by atoms with E-state index in [2.05, 4.69) is 22.5 Å². The predicted molar refractivity (Wildman–Crippen MR) is 148 cm³/mol. The summed E-state index contributed by atoms with van der Waals surface area (Å²) in [6.45, 7) is 10.1. The Morgan fingerprint density at radius 2 is 1.68 bits per heavy atom. The Morgan fingerprint density at radius 1 is 1.00 bits per heavy atom. The molecule has 0 aliphatic rings. The largest absolute Gasteiger partial charge is 0.456 e. The normalized spacial score (nSPS) is 9.68. The standard InChI is InChI=1S/C23H19N3O2S2.2C2H6/c1-15-13-19-22(30-15)20(11-12-24-19)28-18-9-7-17(8-10-18)25-23(29)26-21(27)14-16-5-3-2-4-6-16;2*1-2/h2-13H,14H2,1H3,(H2,25,26,27,29);2*1-2H3. The molecule has 0 spiro atoms. The summed E-state index contributed by atoms with van der Waals surface area (Å²) >= 11 is 6.90. The summed E-state index contributed by atoms with van der Waals surface area (Å²) in [5.41, 5.74) is 2.63. The molecule has 2 aromatic heterocycles. The molecule has 34 heavy (non-hydrogen) atoms. The lowest BCUT2D eigenvalue weighted by molar-refractivity contribution is -0.119. The van der Waals surface area contributed by atoms with Gasteiger partial charge in [-0.15, -0.1) is 11.3 Å². The van der Waals surface area contributed by atoms with Crippen LogP contribution in [-0.4, -0.2) is 16.0 Å². The number of anilines is 1. The highest BCUT2D eigenvalue weighted by atomic mass is 32.1. The average Bonchev–Trinajstić information content (AvgIpc) is 3.24. The van der Waals surface area contributed by atoms with Crippen molar-refractivity contribution < 1.29 is 9.53 Å². The van der Waals surface area contributed by atoms with E-state index in [1.54, 1.807) is 17.5 Å². The summed E-state index contributed by atoms with van der Waals surface area (Å²) in [6.07, 6.45) is 2.02. The maximum Gasteiger partial charge on any atom is 0.230 e. The minimum Gasteiger partial charge on any atom is -0.456 e. The summed E-state index contributed by atoms with van der Waals surface area (Å²) in [4.78, 5) is 17.7. The number of hydrogen-bond acceptors (Lipinski definition) is 5. The molecule has 2 aromatic carbocycles. The second kappa shape index (κ2) is 14.1. The van der Waals surface area contributed by atoms with Gasteiger partial charge in [0, 0.05) is 22.8 Å². The third kappa shape index (κ3) is 7.93. The van der Waals surface area contributed by atoms with Crippen LogP contribution in [0.15, 0.2) is 72.9 Å². The van der Waals surface area contributed by atoms with Crippen LogP contribution < -0.4 is 15.4 Å². The van der Waals surface area contributed by atoms with Crippen LogP contribution >= 0.6 is 23.6 Å². The Kier molecular flexibility index (Phi) is 11.2. The van der Waals surface area contributed by atoms with Gasteiger partial charge in [0.25, 0.3) is 0 Å². The molecule has 0 aliphatic heterocycles. The topological polar surface area (TPSA) is 63.2 Å². The van der Waals surface area contributed by atoms with Crippen molar-refractivity contribution in [2.45, 2.75) is 41.0 Å². The molecule has 0 fully saturated rings. The third-order valence-corrected chi connectivity index (χ3v) is 5.56. The number of benzene rings is 2. The quantitative estimate of drug-likeness (QED) is 0.282.